The Bertz CT molecular complexity index is 467. The van der Waals surface area contributed by atoms with E-state index in [0.717, 1.165) is 21.5 Å². The lowest BCUT2D eigenvalue weighted by Gasteiger charge is -2.13. The van der Waals surface area contributed by atoms with Crippen molar-refractivity contribution in [1.29, 1.82) is 0 Å². The Hall–Kier alpha value is -1.36. The number of hydrogen-bond acceptors (Lipinski definition) is 3. The maximum Gasteiger partial charge on any atom is 0.126 e. The number of halogens is 1. The van der Waals surface area contributed by atoms with Crippen molar-refractivity contribution in [2.24, 2.45) is 0 Å². The lowest BCUT2D eigenvalue weighted by Crippen LogP contribution is -2.07. The Kier molecular flexibility index (Phi) is 3.24. The number of rotatable bonds is 3. The number of anilines is 1. The fourth-order valence-electron chi connectivity index (χ4n) is 1.43. The van der Waals surface area contributed by atoms with Gasteiger partial charge in [0.2, 0.25) is 0 Å². The van der Waals surface area contributed by atoms with Gasteiger partial charge in [0, 0.05) is 16.2 Å². The van der Waals surface area contributed by atoms with Crippen molar-refractivity contribution in [2.45, 2.75) is 19.9 Å². The lowest BCUT2D eigenvalue weighted by molar-refractivity contribution is 0.873. The number of H-pyrrole nitrogens is 1. The topological polar surface area (TPSA) is 53.6 Å². The minimum absolute atomic E-state index is 0.187. The predicted octanol–water partition coefficient (Wildman–Crippen LogP) is 3.05. The minimum atomic E-state index is 0.187. The maximum atomic E-state index is 4.43. The first-order valence-corrected chi connectivity index (χ1v) is 5.84. The molecule has 2 aromatic rings. The second-order valence-corrected chi connectivity index (χ2v) is 4.52. The molecule has 2 aromatic heterocycles. The van der Waals surface area contributed by atoms with Crippen LogP contribution in [-0.4, -0.2) is 15.2 Å². The van der Waals surface area contributed by atoms with E-state index in [9.17, 15) is 0 Å². The molecule has 0 saturated heterocycles. The Morgan fingerprint density at radius 3 is 2.88 bits per heavy atom. The van der Waals surface area contributed by atoms with Crippen LogP contribution in [0.3, 0.4) is 0 Å². The first-order valence-electron chi connectivity index (χ1n) is 5.05. The van der Waals surface area contributed by atoms with E-state index in [-0.39, 0.29) is 6.04 Å². The van der Waals surface area contributed by atoms with Crippen molar-refractivity contribution in [1.82, 2.24) is 15.2 Å². The van der Waals surface area contributed by atoms with Gasteiger partial charge in [-0.05, 0) is 41.9 Å². The molecule has 0 fully saturated rings. The Morgan fingerprint density at radius 1 is 1.44 bits per heavy atom. The van der Waals surface area contributed by atoms with Crippen LogP contribution in [0.25, 0.3) is 0 Å². The standard InChI is InChI=1S/C11H13BrN4/c1-7(9-5-13-14-6-9)15-11-4-3-10(12)8(2)16-11/h3-7H,1-2H3,(H,13,14)(H,15,16). The molecule has 0 aliphatic rings. The summed E-state index contributed by atoms with van der Waals surface area (Å²) in [6.07, 6.45) is 3.69. The molecule has 0 bridgehead atoms. The van der Waals surface area contributed by atoms with E-state index in [1.807, 2.05) is 31.5 Å². The van der Waals surface area contributed by atoms with E-state index in [1.165, 1.54) is 0 Å². The van der Waals surface area contributed by atoms with Crippen LogP contribution in [0, 0.1) is 6.92 Å². The van der Waals surface area contributed by atoms with Gasteiger partial charge >= 0.3 is 0 Å². The molecule has 4 nitrogen and oxygen atoms in total. The molecule has 0 aliphatic carbocycles. The van der Waals surface area contributed by atoms with Crippen molar-refractivity contribution in [3.05, 3.63) is 40.3 Å². The van der Waals surface area contributed by atoms with Gasteiger partial charge in [-0.15, -0.1) is 0 Å². The van der Waals surface area contributed by atoms with Crippen LogP contribution >= 0.6 is 15.9 Å². The third kappa shape index (κ3) is 2.41. The van der Waals surface area contributed by atoms with Gasteiger partial charge in [-0.2, -0.15) is 5.10 Å². The average molecular weight is 281 g/mol. The van der Waals surface area contributed by atoms with Gasteiger partial charge in [0.1, 0.15) is 5.82 Å². The van der Waals surface area contributed by atoms with Gasteiger partial charge in [-0.25, -0.2) is 4.98 Å². The van der Waals surface area contributed by atoms with Crippen molar-refractivity contribution >= 4 is 21.7 Å². The smallest absolute Gasteiger partial charge is 0.126 e. The highest BCUT2D eigenvalue weighted by Crippen LogP contribution is 2.20. The highest BCUT2D eigenvalue weighted by molar-refractivity contribution is 9.10. The van der Waals surface area contributed by atoms with E-state index >= 15 is 0 Å². The Balaban J connectivity index is 2.12. The molecule has 5 heteroatoms. The molecule has 1 atom stereocenters. The second kappa shape index (κ2) is 4.65. The Morgan fingerprint density at radius 2 is 2.25 bits per heavy atom. The summed E-state index contributed by atoms with van der Waals surface area (Å²) in [5, 5.41) is 10.0. The zero-order chi connectivity index (χ0) is 11.5. The Labute approximate surface area is 103 Å². The van der Waals surface area contributed by atoms with Crippen molar-refractivity contribution in [3.8, 4) is 0 Å². The van der Waals surface area contributed by atoms with Crippen LogP contribution in [0.2, 0.25) is 0 Å². The molecule has 0 aliphatic heterocycles. The summed E-state index contributed by atoms with van der Waals surface area (Å²) < 4.78 is 1.02. The highest BCUT2D eigenvalue weighted by atomic mass is 79.9. The summed E-state index contributed by atoms with van der Waals surface area (Å²) in [7, 11) is 0. The number of aryl methyl sites for hydroxylation is 1. The maximum absolute atomic E-state index is 4.43. The summed E-state index contributed by atoms with van der Waals surface area (Å²) >= 11 is 3.43. The monoisotopic (exact) mass is 280 g/mol. The zero-order valence-electron chi connectivity index (χ0n) is 9.16. The van der Waals surface area contributed by atoms with Crippen molar-refractivity contribution in [3.63, 3.8) is 0 Å². The van der Waals surface area contributed by atoms with E-state index in [2.05, 4.69) is 43.4 Å². The molecule has 0 aromatic carbocycles. The molecule has 2 rings (SSSR count). The predicted molar refractivity (Wildman–Crippen MR) is 67.3 cm³/mol. The van der Waals surface area contributed by atoms with Gasteiger partial charge in [0.15, 0.2) is 0 Å². The van der Waals surface area contributed by atoms with Crippen LogP contribution in [-0.2, 0) is 0 Å². The average Bonchev–Trinajstić information content (AvgIpc) is 2.77. The molecular formula is C11H13BrN4. The second-order valence-electron chi connectivity index (χ2n) is 3.66. The van der Waals surface area contributed by atoms with Gasteiger partial charge in [0.05, 0.1) is 17.9 Å². The number of aromatic nitrogens is 3. The van der Waals surface area contributed by atoms with Crippen LogP contribution in [0.1, 0.15) is 24.2 Å². The van der Waals surface area contributed by atoms with Crippen LogP contribution in [0.5, 0.6) is 0 Å². The largest absolute Gasteiger partial charge is 0.363 e. The third-order valence-electron chi connectivity index (χ3n) is 2.41. The number of pyridine rings is 1. The number of nitrogens with one attached hydrogen (secondary N) is 2. The summed E-state index contributed by atoms with van der Waals surface area (Å²) in [4.78, 5) is 4.43. The van der Waals surface area contributed by atoms with E-state index in [4.69, 9.17) is 0 Å². The molecule has 0 radical (unpaired) electrons. The van der Waals surface area contributed by atoms with Crippen LogP contribution in [0.4, 0.5) is 5.82 Å². The first-order chi connectivity index (χ1) is 7.66. The molecule has 16 heavy (non-hydrogen) atoms. The molecule has 2 N–H and O–H groups in total. The van der Waals surface area contributed by atoms with Crippen molar-refractivity contribution in [2.75, 3.05) is 5.32 Å². The molecular weight excluding hydrogens is 268 g/mol. The van der Waals surface area contributed by atoms with Crippen molar-refractivity contribution < 1.29 is 0 Å². The normalized spacial score (nSPS) is 12.4. The quantitative estimate of drug-likeness (QED) is 0.909. The molecule has 0 spiro atoms. The van der Waals surface area contributed by atoms with Crippen LogP contribution in [0.15, 0.2) is 29.0 Å². The van der Waals surface area contributed by atoms with Gasteiger partial charge < -0.3 is 5.32 Å². The van der Waals surface area contributed by atoms with E-state index < -0.39 is 0 Å². The summed E-state index contributed by atoms with van der Waals surface area (Å²) in [6.45, 7) is 4.04. The number of hydrogen-bond donors (Lipinski definition) is 2. The van der Waals surface area contributed by atoms with E-state index in [0.29, 0.717) is 0 Å². The SMILES string of the molecule is Cc1nc(NC(C)c2cn[nH]c2)ccc1Br. The zero-order valence-corrected chi connectivity index (χ0v) is 10.7. The fourth-order valence-corrected chi connectivity index (χ4v) is 1.65. The van der Waals surface area contributed by atoms with Gasteiger partial charge in [-0.3, -0.25) is 5.10 Å². The molecule has 1 unspecified atom stereocenters. The highest BCUT2D eigenvalue weighted by Gasteiger charge is 2.07. The lowest BCUT2D eigenvalue weighted by atomic mass is 10.2. The first kappa shape index (κ1) is 11.1. The number of nitrogens with zero attached hydrogens (tertiary/aromatic N) is 2. The minimum Gasteiger partial charge on any atom is -0.363 e. The molecule has 0 saturated carbocycles. The summed E-state index contributed by atoms with van der Waals surface area (Å²) in [5.41, 5.74) is 2.09. The molecule has 0 amide bonds. The van der Waals surface area contributed by atoms with Crippen LogP contribution < -0.4 is 5.32 Å². The third-order valence-corrected chi connectivity index (χ3v) is 3.24. The van der Waals surface area contributed by atoms with Gasteiger partial charge in [0.25, 0.3) is 0 Å². The molecule has 84 valence electrons. The van der Waals surface area contributed by atoms with Gasteiger partial charge in [-0.1, -0.05) is 0 Å². The molecule has 2 heterocycles. The van der Waals surface area contributed by atoms with E-state index in [1.54, 1.807) is 0 Å². The fraction of sp³-hybridized carbons (Fsp3) is 0.273. The summed E-state index contributed by atoms with van der Waals surface area (Å²) in [5.74, 6) is 0.870. The summed E-state index contributed by atoms with van der Waals surface area (Å²) in [6, 6.07) is 4.13. The number of aromatic amines is 1.